The summed E-state index contributed by atoms with van der Waals surface area (Å²) in [5.41, 5.74) is 0.584. The minimum Gasteiger partial charge on any atom is -0.508 e. The number of hydrogen-bond donors (Lipinski definition) is 3. The van der Waals surface area contributed by atoms with Crippen LogP contribution in [0, 0.1) is 6.92 Å². The smallest absolute Gasteiger partial charge is 0.174 e. The van der Waals surface area contributed by atoms with Crippen LogP contribution in [0.3, 0.4) is 0 Å². The van der Waals surface area contributed by atoms with Gasteiger partial charge in [0, 0.05) is 18.2 Å². The monoisotopic (exact) mass is 285 g/mol. The Morgan fingerprint density at radius 3 is 2.90 bits per heavy atom. The third-order valence-corrected chi connectivity index (χ3v) is 3.52. The van der Waals surface area contributed by atoms with E-state index in [1.54, 1.807) is 36.4 Å². The van der Waals surface area contributed by atoms with Crippen molar-refractivity contribution in [2.24, 2.45) is 0 Å². The van der Waals surface area contributed by atoms with Crippen molar-refractivity contribution in [3.05, 3.63) is 59.8 Å². The molecular formula is C16H16FN3O. The first kappa shape index (κ1) is 13.4. The minimum atomic E-state index is -1.54. The van der Waals surface area contributed by atoms with Gasteiger partial charge in [0.25, 0.3) is 0 Å². The Labute approximate surface area is 122 Å². The number of hydrogen-bond acceptors (Lipinski definition) is 3. The number of benzene rings is 1. The molecule has 108 valence electrons. The van der Waals surface area contributed by atoms with Crippen LogP contribution in [0.2, 0.25) is 0 Å². The van der Waals surface area contributed by atoms with Gasteiger partial charge in [-0.15, -0.1) is 0 Å². The molecule has 0 bridgehead atoms. The number of aromatic amines is 1. The Hall–Kier alpha value is -2.56. The highest BCUT2D eigenvalue weighted by Gasteiger charge is 2.31. The van der Waals surface area contributed by atoms with Crippen molar-refractivity contribution in [2.45, 2.75) is 19.0 Å². The molecule has 2 aromatic rings. The quantitative estimate of drug-likeness (QED) is 0.751. The molecule has 1 aromatic heterocycles. The van der Waals surface area contributed by atoms with Crippen molar-refractivity contribution < 1.29 is 9.50 Å². The van der Waals surface area contributed by atoms with Crippen molar-refractivity contribution in [3.8, 4) is 5.75 Å². The number of aromatic hydroxyl groups is 1. The first-order valence-corrected chi connectivity index (χ1v) is 6.73. The second-order valence-corrected chi connectivity index (χ2v) is 5.14. The molecule has 0 amide bonds. The number of rotatable bonds is 3. The third kappa shape index (κ3) is 2.67. The molecule has 21 heavy (non-hydrogen) atoms. The summed E-state index contributed by atoms with van der Waals surface area (Å²) in [7, 11) is 0. The summed E-state index contributed by atoms with van der Waals surface area (Å²) in [6, 6.07) is 6.67. The number of aryl methyl sites for hydroxylation is 1. The van der Waals surface area contributed by atoms with E-state index >= 15 is 0 Å². The highest BCUT2D eigenvalue weighted by molar-refractivity contribution is 5.62. The van der Waals surface area contributed by atoms with E-state index in [4.69, 9.17) is 0 Å². The van der Waals surface area contributed by atoms with Gasteiger partial charge in [-0.25, -0.2) is 4.39 Å². The number of phenols is 1. The van der Waals surface area contributed by atoms with Crippen LogP contribution in [-0.2, 0) is 5.67 Å². The third-order valence-electron chi connectivity index (χ3n) is 3.52. The van der Waals surface area contributed by atoms with Gasteiger partial charge in [0.2, 0.25) is 0 Å². The second-order valence-electron chi connectivity index (χ2n) is 5.14. The molecule has 1 aromatic carbocycles. The minimum absolute atomic E-state index is 0.211. The van der Waals surface area contributed by atoms with Crippen LogP contribution < -0.4 is 5.32 Å². The fourth-order valence-corrected chi connectivity index (χ4v) is 2.32. The summed E-state index contributed by atoms with van der Waals surface area (Å²) in [4.78, 5) is 0. The zero-order chi connectivity index (χ0) is 14.9. The first-order chi connectivity index (χ1) is 10.1. The number of nitrogens with one attached hydrogen (secondary N) is 2. The summed E-state index contributed by atoms with van der Waals surface area (Å²) in [6.07, 6.45) is 7.13. The molecule has 0 saturated carbocycles. The van der Waals surface area contributed by atoms with E-state index in [1.807, 2.05) is 13.0 Å². The molecule has 5 heteroatoms. The van der Waals surface area contributed by atoms with Crippen LogP contribution in [0.5, 0.6) is 5.75 Å². The number of alkyl halides is 1. The highest BCUT2D eigenvalue weighted by Crippen LogP contribution is 2.34. The molecule has 0 saturated heterocycles. The number of halogens is 1. The average molecular weight is 285 g/mol. The van der Waals surface area contributed by atoms with Crippen molar-refractivity contribution in [1.82, 2.24) is 10.2 Å². The van der Waals surface area contributed by atoms with Gasteiger partial charge >= 0.3 is 0 Å². The number of H-pyrrole nitrogens is 1. The van der Waals surface area contributed by atoms with E-state index in [-0.39, 0.29) is 5.75 Å². The van der Waals surface area contributed by atoms with E-state index in [9.17, 15) is 9.50 Å². The van der Waals surface area contributed by atoms with Gasteiger partial charge in [0.05, 0.1) is 5.69 Å². The fraction of sp³-hybridized carbons (Fsp3) is 0.188. The lowest BCUT2D eigenvalue weighted by molar-refractivity contribution is 0.228. The summed E-state index contributed by atoms with van der Waals surface area (Å²) in [5.74, 6) is 0.751. The molecule has 0 spiro atoms. The van der Waals surface area contributed by atoms with Crippen LogP contribution in [0.1, 0.15) is 17.7 Å². The molecule has 1 atom stereocenters. The van der Waals surface area contributed by atoms with E-state index in [0.29, 0.717) is 17.9 Å². The lowest BCUT2D eigenvalue weighted by atomic mass is 9.94. The topological polar surface area (TPSA) is 60.9 Å². The van der Waals surface area contributed by atoms with Crippen LogP contribution in [0.4, 0.5) is 15.9 Å². The fourth-order valence-electron chi connectivity index (χ4n) is 2.32. The Morgan fingerprint density at radius 1 is 1.33 bits per heavy atom. The number of allylic oxidation sites excluding steroid dienone is 4. The van der Waals surface area contributed by atoms with Crippen LogP contribution in [0.25, 0.3) is 0 Å². The molecular weight excluding hydrogens is 269 g/mol. The largest absolute Gasteiger partial charge is 0.508 e. The summed E-state index contributed by atoms with van der Waals surface area (Å²) < 4.78 is 14.7. The Balaban J connectivity index is 1.82. The standard InChI is InChI=1S/C16H16FN3O/c1-11-9-12(21)5-6-13(11)18-15-10-14(19-20-15)16(17)7-3-2-4-8-16/h2-7,9-10,21H,8H2,1H3,(H2,18,19,20). The first-order valence-electron chi connectivity index (χ1n) is 6.73. The summed E-state index contributed by atoms with van der Waals surface area (Å²) in [6.45, 7) is 1.88. The maximum absolute atomic E-state index is 14.7. The van der Waals surface area contributed by atoms with Gasteiger partial charge in [-0.3, -0.25) is 5.10 Å². The van der Waals surface area contributed by atoms with E-state index in [2.05, 4.69) is 15.5 Å². The van der Waals surface area contributed by atoms with Crippen molar-refractivity contribution in [1.29, 1.82) is 0 Å². The van der Waals surface area contributed by atoms with E-state index in [1.165, 1.54) is 6.08 Å². The Morgan fingerprint density at radius 2 is 2.19 bits per heavy atom. The lowest BCUT2D eigenvalue weighted by Crippen LogP contribution is -2.18. The van der Waals surface area contributed by atoms with Gasteiger partial charge in [-0.1, -0.05) is 18.2 Å². The normalized spacial score (nSPS) is 20.7. The molecule has 3 N–H and O–H groups in total. The number of anilines is 2. The summed E-state index contributed by atoms with van der Waals surface area (Å²) in [5, 5.41) is 19.4. The molecule has 4 nitrogen and oxygen atoms in total. The number of nitrogens with zero attached hydrogens (tertiary/aromatic N) is 1. The van der Waals surface area contributed by atoms with E-state index < -0.39 is 5.67 Å². The van der Waals surface area contributed by atoms with Crippen molar-refractivity contribution in [3.63, 3.8) is 0 Å². The zero-order valence-electron chi connectivity index (χ0n) is 11.6. The van der Waals surface area contributed by atoms with Crippen molar-refractivity contribution >= 4 is 11.5 Å². The van der Waals surface area contributed by atoms with Gasteiger partial charge in [-0.05, 0) is 36.8 Å². The van der Waals surface area contributed by atoms with Crippen LogP contribution >= 0.6 is 0 Å². The Kier molecular flexibility index (Phi) is 3.25. The predicted molar refractivity (Wildman–Crippen MR) is 80.4 cm³/mol. The molecule has 3 rings (SSSR count). The molecule has 0 aliphatic heterocycles. The highest BCUT2D eigenvalue weighted by atomic mass is 19.1. The molecule has 1 unspecified atom stereocenters. The molecule has 1 aliphatic carbocycles. The Bertz CT molecular complexity index is 720. The number of aromatic nitrogens is 2. The summed E-state index contributed by atoms with van der Waals surface area (Å²) >= 11 is 0. The molecule has 1 aliphatic rings. The SMILES string of the molecule is Cc1cc(O)ccc1Nc1cc(C2(F)C=CC=CC2)[nH]n1. The maximum Gasteiger partial charge on any atom is 0.174 e. The average Bonchev–Trinajstić information content (AvgIpc) is 2.92. The van der Waals surface area contributed by atoms with Gasteiger partial charge < -0.3 is 10.4 Å². The number of phenolic OH excluding ortho intramolecular Hbond substituents is 1. The van der Waals surface area contributed by atoms with Crippen LogP contribution in [0.15, 0.2) is 48.6 Å². The van der Waals surface area contributed by atoms with Crippen molar-refractivity contribution in [2.75, 3.05) is 5.32 Å². The van der Waals surface area contributed by atoms with Crippen LogP contribution in [-0.4, -0.2) is 15.3 Å². The maximum atomic E-state index is 14.7. The second kappa shape index (κ2) is 5.09. The van der Waals surface area contributed by atoms with Gasteiger partial charge in [0.1, 0.15) is 5.75 Å². The van der Waals surface area contributed by atoms with E-state index in [0.717, 1.165) is 11.3 Å². The van der Waals surface area contributed by atoms with Gasteiger partial charge in [0.15, 0.2) is 11.5 Å². The molecule has 1 heterocycles. The predicted octanol–water partition coefficient (Wildman–Crippen LogP) is 3.85. The molecule has 0 radical (unpaired) electrons. The zero-order valence-corrected chi connectivity index (χ0v) is 11.6. The lowest BCUT2D eigenvalue weighted by Gasteiger charge is -2.19. The van der Waals surface area contributed by atoms with Gasteiger partial charge in [-0.2, -0.15) is 5.10 Å². The molecule has 0 fully saturated rings.